The number of aliphatic hydroxyl groups is 1. The zero-order valence-corrected chi connectivity index (χ0v) is 16.9. The highest BCUT2D eigenvalue weighted by Gasteiger charge is 2.58. The molecule has 0 radical (unpaired) electrons. The zero-order chi connectivity index (χ0) is 17.1. The van der Waals surface area contributed by atoms with Gasteiger partial charge in [-0.1, -0.05) is 22.9 Å². The second kappa shape index (κ2) is 6.08. The summed E-state index contributed by atoms with van der Waals surface area (Å²) in [5.74, 6) is 4.83. The lowest BCUT2D eigenvalue weighted by Crippen LogP contribution is -2.51. The maximum absolute atomic E-state index is 12.5. The van der Waals surface area contributed by atoms with Crippen LogP contribution in [-0.4, -0.2) is 21.8 Å². The number of carbonyl (C=O) groups is 1. The van der Waals surface area contributed by atoms with Gasteiger partial charge in [0.1, 0.15) is 5.78 Å². The number of fused-ring (bicyclic) bond motifs is 5. The number of hydrogen-bond donors (Lipinski definition) is 1. The van der Waals surface area contributed by atoms with E-state index in [0.717, 1.165) is 48.9 Å². The van der Waals surface area contributed by atoms with E-state index < -0.39 is 5.60 Å². The molecule has 0 aliphatic heterocycles. The predicted molar refractivity (Wildman–Crippen MR) is 100 cm³/mol. The molecule has 0 unspecified atom stereocenters. The first-order valence-electron chi connectivity index (χ1n) is 10.2. The van der Waals surface area contributed by atoms with E-state index in [-0.39, 0.29) is 5.41 Å². The van der Waals surface area contributed by atoms with E-state index in [0.29, 0.717) is 17.0 Å². The fourth-order valence-electron chi connectivity index (χ4n) is 7.70. The summed E-state index contributed by atoms with van der Waals surface area (Å²) < 4.78 is 0. The number of ketones is 1. The molecule has 0 aromatic rings. The van der Waals surface area contributed by atoms with Gasteiger partial charge in [-0.2, -0.15) is 0 Å². The van der Waals surface area contributed by atoms with Crippen LogP contribution in [0.4, 0.5) is 0 Å². The number of hydrogen-bond acceptors (Lipinski definition) is 2. The standard InChI is InChI=1S/C21H33BrO2/c1-20(24)9-7-14-13(11-20)3-4-16-15(14)8-10-21(2)17(16)5-6-18(21)19(23)12-22/h13-18,24H,3-12H2,1-2H3/t13-,14-,15+,16+,17-,18+,20-,21-/m0/s1. The normalized spacial score (nSPS) is 53.8. The van der Waals surface area contributed by atoms with Gasteiger partial charge in [0.15, 0.2) is 0 Å². The third-order valence-corrected chi connectivity index (χ3v) is 9.31. The molecular formula is C21H33BrO2. The topological polar surface area (TPSA) is 37.3 Å². The molecule has 0 aromatic heterocycles. The van der Waals surface area contributed by atoms with Crippen molar-refractivity contribution in [1.29, 1.82) is 0 Å². The van der Waals surface area contributed by atoms with Crippen LogP contribution in [0.3, 0.4) is 0 Å². The number of halogens is 1. The largest absolute Gasteiger partial charge is 0.390 e. The molecule has 0 bridgehead atoms. The second-order valence-electron chi connectivity index (χ2n) is 9.95. The van der Waals surface area contributed by atoms with Gasteiger partial charge >= 0.3 is 0 Å². The summed E-state index contributed by atoms with van der Waals surface area (Å²) in [5.41, 5.74) is -0.156. The Morgan fingerprint density at radius 1 is 1.00 bits per heavy atom. The highest BCUT2D eigenvalue weighted by atomic mass is 79.9. The number of carbonyl (C=O) groups excluding carboxylic acids is 1. The number of Topliss-reactive ketones (excluding diaryl/α,β-unsaturated/α-hetero) is 1. The summed E-state index contributed by atoms with van der Waals surface area (Å²) in [5, 5.41) is 11.0. The quantitative estimate of drug-likeness (QED) is 0.668. The van der Waals surface area contributed by atoms with E-state index in [2.05, 4.69) is 22.9 Å². The zero-order valence-electron chi connectivity index (χ0n) is 15.3. The monoisotopic (exact) mass is 396 g/mol. The van der Waals surface area contributed by atoms with Gasteiger partial charge in [-0.15, -0.1) is 0 Å². The van der Waals surface area contributed by atoms with Gasteiger partial charge in [0.25, 0.3) is 0 Å². The van der Waals surface area contributed by atoms with Crippen LogP contribution in [0, 0.1) is 40.9 Å². The minimum Gasteiger partial charge on any atom is -0.390 e. The summed E-state index contributed by atoms with van der Waals surface area (Å²) in [6.07, 6.45) is 10.9. The third kappa shape index (κ3) is 2.64. The second-order valence-corrected chi connectivity index (χ2v) is 10.5. The molecule has 0 aromatic carbocycles. The molecule has 24 heavy (non-hydrogen) atoms. The summed E-state index contributed by atoms with van der Waals surface area (Å²) in [4.78, 5) is 12.5. The summed E-state index contributed by atoms with van der Waals surface area (Å²) >= 11 is 3.42. The SMILES string of the molecule is C[C@]1(O)CC[C@H]2[C@@H](CC[C@@H]3[C@@H]2CC[C@]2(C)[C@@H](C(=O)CBr)CC[C@@H]32)C1. The van der Waals surface area contributed by atoms with E-state index >= 15 is 0 Å². The molecule has 4 aliphatic carbocycles. The van der Waals surface area contributed by atoms with Gasteiger partial charge in [0, 0.05) is 5.92 Å². The van der Waals surface area contributed by atoms with Gasteiger partial charge in [0.2, 0.25) is 0 Å². The van der Waals surface area contributed by atoms with Gasteiger partial charge in [-0.25, -0.2) is 0 Å². The molecule has 136 valence electrons. The van der Waals surface area contributed by atoms with Crippen LogP contribution >= 0.6 is 15.9 Å². The third-order valence-electron chi connectivity index (χ3n) is 8.76. The van der Waals surface area contributed by atoms with Crippen molar-refractivity contribution in [3.63, 3.8) is 0 Å². The van der Waals surface area contributed by atoms with Crippen LogP contribution in [0.2, 0.25) is 0 Å². The fraction of sp³-hybridized carbons (Fsp3) is 0.952. The van der Waals surface area contributed by atoms with Crippen molar-refractivity contribution in [2.75, 3.05) is 5.33 Å². The summed E-state index contributed by atoms with van der Waals surface area (Å²) in [6.45, 7) is 4.48. The van der Waals surface area contributed by atoms with Crippen LogP contribution in [0.5, 0.6) is 0 Å². The molecular weight excluding hydrogens is 364 g/mol. The van der Waals surface area contributed by atoms with Crippen LogP contribution < -0.4 is 0 Å². The molecule has 4 rings (SSSR count). The Balaban J connectivity index is 1.54. The van der Waals surface area contributed by atoms with E-state index in [9.17, 15) is 9.90 Å². The molecule has 0 saturated heterocycles. The van der Waals surface area contributed by atoms with Crippen LogP contribution in [0.15, 0.2) is 0 Å². The van der Waals surface area contributed by atoms with E-state index in [1.54, 1.807) is 0 Å². The van der Waals surface area contributed by atoms with E-state index in [4.69, 9.17) is 0 Å². The maximum Gasteiger partial charge on any atom is 0.147 e. The number of rotatable bonds is 2. The lowest BCUT2D eigenvalue weighted by molar-refractivity contribution is -0.129. The Morgan fingerprint density at radius 3 is 2.50 bits per heavy atom. The molecule has 2 nitrogen and oxygen atoms in total. The van der Waals surface area contributed by atoms with Gasteiger partial charge in [-0.05, 0) is 99.7 Å². The molecule has 0 amide bonds. The molecule has 0 spiro atoms. The fourth-order valence-corrected chi connectivity index (χ4v) is 8.09. The molecule has 1 N–H and O–H groups in total. The highest BCUT2D eigenvalue weighted by Crippen LogP contribution is 2.64. The lowest BCUT2D eigenvalue weighted by atomic mass is 9.49. The first-order valence-corrected chi connectivity index (χ1v) is 11.3. The predicted octanol–water partition coefficient (Wildman–Crippen LogP) is 4.97. The first-order chi connectivity index (χ1) is 11.4. The minimum atomic E-state index is -0.419. The average Bonchev–Trinajstić information content (AvgIpc) is 2.90. The van der Waals surface area contributed by atoms with Crippen LogP contribution in [0.25, 0.3) is 0 Å². The Hall–Kier alpha value is 0.110. The van der Waals surface area contributed by atoms with Crippen LogP contribution in [0.1, 0.15) is 71.6 Å². The van der Waals surface area contributed by atoms with Crippen molar-refractivity contribution in [2.45, 2.75) is 77.2 Å². The van der Waals surface area contributed by atoms with Crippen molar-refractivity contribution in [3.8, 4) is 0 Å². The molecule has 4 saturated carbocycles. The molecule has 8 atom stereocenters. The van der Waals surface area contributed by atoms with Crippen molar-refractivity contribution < 1.29 is 9.90 Å². The van der Waals surface area contributed by atoms with E-state index in [1.165, 1.54) is 38.5 Å². The van der Waals surface area contributed by atoms with Crippen LogP contribution in [-0.2, 0) is 4.79 Å². The van der Waals surface area contributed by atoms with Crippen molar-refractivity contribution in [1.82, 2.24) is 0 Å². The van der Waals surface area contributed by atoms with Crippen molar-refractivity contribution in [3.05, 3.63) is 0 Å². The van der Waals surface area contributed by atoms with Gasteiger partial charge < -0.3 is 5.11 Å². The van der Waals surface area contributed by atoms with Gasteiger partial charge in [-0.3, -0.25) is 4.79 Å². The minimum absolute atomic E-state index is 0.263. The average molecular weight is 397 g/mol. The maximum atomic E-state index is 12.5. The Labute approximate surface area is 155 Å². The lowest BCUT2D eigenvalue weighted by Gasteiger charge is -2.56. The molecule has 3 heteroatoms. The first kappa shape index (κ1) is 17.5. The molecule has 0 heterocycles. The Bertz CT molecular complexity index is 516. The Kier molecular flexibility index (Phi) is 4.44. The van der Waals surface area contributed by atoms with Crippen molar-refractivity contribution in [2.24, 2.45) is 40.9 Å². The van der Waals surface area contributed by atoms with Crippen molar-refractivity contribution >= 4 is 21.7 Å². The smallest absolute Gasteiger partial charge is 0.147 e. The Morgan fingerprint density at radius 2 is 1.75 bits per heavy atom. The summed E-state index contributed by atoms with van der Waals surface area (Å²) in [6, 6.07) is 0. The van der Waals surface area contributed by atoms with E-state index in [1.807, 2.05) is 6.92 Å². The highest BCUT2D eigenvalue weighted by molar-refractivity contribution is 9.09. The summed E-state index contributed by atoms with van der Waals surface area (Å²) in [7, 11) is 0. The number of alkyl halides is 1. The molecule has 4 fully saturated rings. The van der Waals surface area contributed by atoms with Gasteiger partial charge in [0.05, 0.1) is 10.9 Å². The molecule has 4 aliphatic rings.